The van der Waals surface area contributed by atoms with Gasteiger partial charge in [0.25, 0.3) is 5.91 Å². The lowest BCUT2D eigenvalue weighted by Crippen LogP contribution is -2.38. The van der Waals surface area contributed by atoms with E-state index in [-0.39, 0.29) is 28.6 Å². The van der Waals surface area contributed by atoms with E-state index in [0.29, 0.717) is 0 Å². The van der Waals surface area contributed by atoms with Gasteiger partial charge >= 0.3 is 0 Å². The van der Waals surface area contributed by atoms with Crippen LogP contribution in [0.1, 0.15) is 103 Å². The van der Waals surface area contributed by atoms with Gasteiger partial charge in [-0.3, -0.25) is 14.4 Å². The van der Waals surface area contributed by atoms with Gasteiger partial charge in [-0.05, 0) is 62.1 Å². The van der Waals surface area contributed by atoms with Crippen molar-refractivity contribution in [2.24, 2.45) is 23.3 Å². The third kappa shape index (κ3) is 6.87. The number of hydrogen-bond donors (Lipinski definition) is 3. The number of carbonyl (C=O) groups is 3. The monoisotopic (exact) mass is 401 g/mol. The Bertz CT molecular complexity index is 692. The topological polar surface area (TPSA) is 115 Å². The fourth-order valence-electron chi connectivity index (χ4n) is 4.31. The maximum atomic E-state index is 12.7. The highest BCUT2D eigenvalue weighted by Crippen LogP contribution is 2.32. The van der Waals surface area contributed by atoms with Crippen molar-refractivity contribution in [3.8, 4) is 0 Å². The molecule has 6 heteroatoms. The molecule has 6 nitrogen and oxygen atoms in total. The molecule has 1 aromatic rings. The molecule has 0 heterocycles. The average molecular weight is 402 g/mol. The van der Waals surface area contributed by atoms with Crippen LogP contribution in [0.15, 0.2) is 18.2 Å². The molecule has 0 aliphatic heterocycles. The van der Waals surface area contributed by atoms with Crippen molar-refractivity contribution in [1.29, 1.82) is 0 Å². The van der Waals surface area contributed by atoms with Crippen LogP contribution in [0.4, 0.5) is 0 Å². The number of amides is 3. The fourth-order valence-corrected chi connectivity index (χ4v) is 4.31. The van der Waals surface area contributed by atoms with Crippen LogP contribution in [-0.4, -0.2) is 23.8 Å². The molecule has 2 rings (SSSR count). The minimum Gasteiger partial charge on any atom is -0.366 e. The number of hydrogen-bond acceptors (Lipinski definition) is 3. The van der Waals surface area contributed by atoms with Crippen LogP contribution in [-0.2, 0) is 0 Å². The number of nitrogens with one attached hydrogen (secondary N) is 1. The molecule has 160 valence electrons. The first-order valence-corrected chi connectivity index (χ1v) is 10.9. The Hall–Kier alpha value is -2.37. The Morgan fingerprint density at radius 3 is 2.00 bits per heavy atom. The van der Waals surface area contributed by atoms with Crippen LogP contribution in [0.25, 0.3) is 0 Å². The normalized spacial score (nSPS) is 20.1. The highest BCUT2D eigenvalue weighted by molar-refractivity contribution is 6.03. The molecule has 0 aromatic heterocycles. The van der Waals surface area contributed by atoms with E-state index in [9.17, 15) is 14.4 Å². The molecule has 1 aromatic carbocycles. The molecule has 1 atom stereocenters. The summed E-state index contributed by atoms with van der Waals surface area (Å²) in [5.41, 5.74) is 11.1. The van der Waals surface area contributed by atoms with Crippen LogP contribution in [0.2, 0.25) is 0 Å². The molecule has 1 aliphatic carbocycles. The first-order valence-electron chi connectivity index (χ1n) is 10.9. The number of benzene rings is 1. The lowest BCUT2D eigenvalue weighted by molar-refractivity contribution is 0.0919. The van der Waals surface area contributed by atoms with Gasteiger partial charge in [-0.25, -0.2) is 0 Å². The number of rotatable bonds is 10. The van der Waals surface area contributed by atoms with Crippen molar-refractivity contribution in [3.05, 3.63) is 34.9 Å². The Labute approximate surface area is 173 Å². The molecule has 0 saturated heterocycles. The van der Waals surface area contributed by atoms with E-state index in [0.717, 1.165) is 37.5 Å². The maximum Gasteiger partial charge on any atom is 0.251 e. The van der Waals surface area contributed by atoms with Crippen molar-refractivity contribution in [2.45, 2.75) is 77.7 Å². The van der Waals surface area contributed by atoms with Crippen LogP contribution in [0.5, 0.6) is 0 Å². The highest BCUT2D eigenvalue weighted by Gasteiger charge is 2.25. The van der Waals surface area contributed by atoms with E-state index in [2.05, 4.69) is 19.2 Å². The van der Waals surface area contributed by atoms with E-state index in [1.165, 1.54) is 50.3 Å². The molecule has 1 unspecified atom stereocenters. The molecule has 1 aliphatic rings. The number of carbonyl (C=O) groups excluding carboxylic acids is 3. The summed E-state index contributed by atoms with van der Waals surface area (Å²) in [5, 5.41) is 3.05. The number of primary amides is 2. The molecule has 3 amide bonds. The van der Waals surface area contributed by atoms with Crippen molar-refractivity contribution in [3.63, 3.8) is 0 Å². The van der Waals surface area contributed by atoms with Gasteiger partial charge < -0.3 is 16.8 Å². The summed E-state index contributed by atoms with van der Waals surface area (Å²) in [5.74, 6) is -0.139. The van der Waals surface area contributed by atoms with Gasteiger partial charge in [0.15, 0.2) is 0 Å². The summed E-state index contributed by atoms with van der Waals surface area (Å²) < 4.78 is 0. The molecule has 0 spiro atoms. The van der Waals surface area contributed by atoms with E-state index < -0.39 is 11.8 Å². The largest absolute Gasteiger partial charge is 0.366 e. The maximum absolute atomic E-state index is 12.7. The molecular formula is C23H35N3O3. The predicted molar refractivity (Wildman–Crippen MR) is 115 cm³/mol. The zero-order valence-corrected chi connectivity index (χ0v) is 17.7. The lowest BCUT2D eigenvalue weighted by Gasteiger charge is -2.31. The molecule has 29 heavy (non-hydrogen) atoms. The molecule has 1 saturated carbocycles. The predicted octanol–water partition coefficient (Wildman–Crippen LogP) is 3.78. The molecule has 1 fully saturated rings. The first-order chi connectivity index (χ1) is 13.8. The van der Waals surface area contributed by atoms with Gasteiger partial charge in [-0.2, -0.15) is 0 Å². The lowest BCUT2D eigenvalue weighted by atomic mass is 9.79. The highest BCUT2D eigenvalue weighted by atomic mass is 16.2. The third-order valence-electron chi connectivity index (χ3n) is 6.16. The van der Waals surface area contributed by atoms with Crippen LogP contribution < -0.4 is 16.8 Å². The van der Waals surface area contributed by atoms with Gasteiger partial charge in [0.05, 0.1) is 0 Å². The summed E-state index contributed by atoms with van der Waals surface area (Å²) in [6, 6.07) is 4.25. The van der Waals surface area contributed by atoms with E-state index in [1.54, 1.807) is 0 Å². The molecular weight excluding hydrogens is 366 g/mol. The fraction of sp³-hybridized carbons (Fsp3) is 0.609. The SMILES string of the molecule is CCCCC(CC)CC1CCC(NC(=O)c2cc(C(N)=O)cc(C(N)=O)c2)CC1. The summed E-state index contributed by atoms with van der Waals surface area (Å²) in [6.45, 7) is 4.53. The van der Waals surface area contributed by atoms with Gasteiger partial charge in [-0.1, -0.05) is 39.5 Å². The van der Waals surface area contributed by atoms with Crippen molar-refractivity contribution >= 4 is 17.7 Å². The minimum absolute atomic E-state index is 0.104. The summed E-state index contributed by atoms with van der Waals surface area (Å²) >= 11 is 0. The summed E-state index contributed by atoms with van der Waals surface area (Å²) in [7, 11) is 0. The zero-order valence-electron chi connectivity index (χ0n) is 17.7. The second-order valence-electron chi connectivity index (χ2n) is 8.37. The van der Waals surface area contributed by atoms with Gasteiger partial charge in [-0.15, -0.1) is 0 Å². The summed E-state index contributed by atoms with van der Waals surface area (Å²) in [6.07, 6.45) is 10.6. The van der Waals surface area contributed by atoms with Gasteiger partial charge in [0, 0.05) is 22.7 Å². The second kappa shape index (κ2) is 11.0. The quantitative estimate of drug-likeness (QED) is 0.554. The minimum atomic E-state index is -0.698. The van der Waals surface area contributed by atoms with Gasteiger partial charge in [0.2, 0.25) is 11.8 Å². The molecule has 0 bridgehead atoms. The van der Waals surface area contributed by atoms with Crippen LogP contribution in [0.3, 0.4) is 0 Å². The van der Waals surface area contributed by atoms with Crippen molar-refractivity contribution in [1.82, 2.24) is 5.32 Å². The third-order valence-corrected chi connectivity index (χ3v) is 6.16. The number of unbranched alkanes of at least 4 members (excludes halogenated alkanes) is 1. The van der Waals surface area contributed by atoms with Crippen LogP contribution >= 0.6 is 0 Å². The zero-order chi connectivity index (χ0) is 21.4. The average Bonchev–Trinajstić information content (AvgIpc) is 2.71. The van der Waals surface area contributed by atoms with Gasteiger partial charge in [0.1, 0.15) is 0 Å². The standard InChI is InChI=1S/C23H35N3O3/c1-3-5-6-15(4-2)11-16-7-9-20(10-8-16)26-23(29)19-13-17(21(24)27)12-18(14-19)22(25)28/h12-16,20H,3-11H2,1-2H3,(H2,24,27)(H2,25,28)(H,26,29). The molecule has 5 N–H and O–H groups in total. The molecule has 0 radical (unpaired) electrons. The van der Waals surface area contributed by atoms with E-state index >= 15 is 0 Å². The first kappa shape index (κ1) is 22.9. The van der Waals surface area contributed by atoms with E-state index in [1.807, 2.05) is 0 Å². The van der Waals surface area contributed by atoms with E-state index in [4.69, 9.17) is 11.5 Å². The Morgan fingerprint density at radius 1 is 0.966 bits per heavy atom. The van der Waals surface area contributed by atoms with Crippen LogP contribution in [0, 0.1) is 11.8 Å². The van der Waals surface area contributed by atoms with Crippen molar-refractivity contribution in [2.75, 3.05) is 0 Å². The Kier molecular flexibility index (Phi) is 8.68. The number of nitrogens with two attached hydrogens (primary N) is 2. The Morgan fingerprint density at radius 2 is 1.52 bits per heavy atom. The summed E-state index contributed by atoms with van der Waals surface area (Å²) in [4.78, 5) is 35.7. The second-order valence-corrected chi connectivity index (χ2v) is 8.37. The Balaban J connectivity index is 1.93. The smallest absolute Gasteiger partial charge is 0.251 e. The van der Waals surface area contributed by atoms with Crippen molar-refractivity contribution < 1.29 is 14.4 Å².